The highest BCUT2D eigenvalue weighted by Gasteiger charge is 2.34. The number of rotatable bonds is 2. The summed E-state index contributed by atoms with van der Waals surface area (Å²) in [7, 11) is 0. The van der Waals surface area contributed by atoms with Crippen molar-refractivity contribution in [3.8, 4) is 0 Å². The molecule has 0 radical (unpaired) electrons. The Hall–Kier alpha value is -1.56. The summed E-state index contributed by atoms with van der Waals surface area (Å²) in [6.07, 6.45) is 1.43. The van der Waals surface area contributed by atoms with Crippen LogP contribution in [0.25, 0.3) is 0 Å². The highest BCUT2D eigenvalue weighted by atomic mass is 32.1. The molecule has 0 saturated carbocycles. The molecule has 0 spiro atoms. The van der Waals surface area contributed by atoms with Crippen LogP contribution < -0.4 is 0 Å². The fourth-order valence-electron chi connectivity index (χ4n) is 2.48. The lowest BCUT2D eigenvalue weighted by Gasteiger charge is -2.28. The molecule has 1 fully saturated rings. The Bertz CT molecular complexity index is 559. The summed E-state index contributed by atoms with van der Waals surface area (Å²) in [5.41, 5.74) is -0.201. The smallest absolute Gasteiger partial charge is 0.410 e. The first-order valence-electron chi connectivity index (χ1n) is 7.02. The second kappa shape index (κ2) is 5.67. The van der Waals surface area contributed by atoms with Gasteiger partial charge in [-0.1, -0.05) is 0 Å². The van der Waals surface area contributed by atoms with Gasteiger partial charge in [-0.2, -0.15) is 0 Å². The highest BCUT2D eigenvalue weighted by Crippen LogP contribution is 2.38. The van der Waals surface area contributed by atoms with Gasteiger partial charge in [0.05, 0.1) is 11.6 Å². The van der Waals surface area contributed by atoms with Crippen LogP contribution in [0.15, 0.2) is 6.07 Å². The predicted molar refractivity (Wildman–Crippen MR) is 80.9 cm³/mol. The van der Waals surface area contributed by atoms with E-state index < -0.39 is 11.6 Å². The first-order chi connectivity index (χ1) is 9.69. The minimum absolute atomic E-state index is 0.0725. The van der Waals surface area contributed by atoms with Crippen molar-refractivity contribution >= 4 is 23.4 Å². The maximum atomic E-state index is 12.3. The van der Waals surface area contributed by atoms with E-state index in [1.54, 1.807) is 17.9 Å². The van der Waals surface area contributed by atoms with Crippen LogP contribution in [0.4, 0.5) is 4.79 Å². The largest absolute Gasteiger partial charge is 0.478 e. The van der Waals surface area contributed by atoms with E-state index in [2.05, 4.69) is 0 Å². The Morgan fingerprint density at radius 1 is 1.43 bits per heavy atom. The first-order valence-corrected chi connectivity index (χ1v) is 7.84. The second-order valence-corrected chi connectivity index (χ2v) is 7.54. The predicted octanol–water partition coefficient (Wildman–Crippen LogP) is 3.83. The summed E-state index contributed by atoms with van der Waals surface area (Å²) in [5.74, 6) is -0.920. The Morgan fingerprint density at radius 2 is 2.10 bits per heavy atom. The zero-order valence-electron chi connectivity index (χ0n) is 12.8. The van der Waals surface area contributed by atoms with Crippen LogP contribution in [0.2, 0.25) is 0 Å². The summed E-state index contributed by atoms with van der Waals surface area (Å²) < 4.78 is 5.43. The van der Waals surface area contributed by atoms with Gasteiger partial charge in [-0.05, 0) is 46.6 Å². The normalized spacial score (nSPS) is 18.9. The molecule has 1 aromatic rings. The number of carboxylic acids is 1. The summed E-state index contributed by atoms with van der Waals surface area (Å²) in [6.45, 7) is 7.97. The number of aryl methyl sites for hydroxylation is 1. The molecule has 6 heteroatoms. The van der Waals surface area contributed by atoms with Gasteiger partial charge in [0, 0.05) is 16.3 Å². The monoisotopic (exact) mass is 311 g/mol. The van der Waals surface area contributed by atoms with Crippen molar-refractivity contribution in [2.75, 3.05) is 6.54 Å². The maximum Gasteiger partial charge on any atom is 0.410 e. The van der Waals surface area contributed by atoms with E-state index in [0.717, 1.165) is 22.6 Å². The quantitative estimate of drug-likeness (QED) is 0.901. The molecule has 0 aromatic carbocycles. The summed E-state index contributed by atoms with van der Waals surface area (Å²) in [4.78, 5) is 26.8. The van der Waals surface area contributed by atoms with Gasteiger partial charge < -0.3 is 14.7 Å². The van der Waals surface area contributed by atoms with Crippen molar-refractivity contribution in [2.24, 2.45) is 0 Å². The maximum absolute atomic E-state index is 12.3. The van der Waals surface area contributed by atoms with Crippen molar-refractivity contribution < 1.29 is 19.4 Å². The van der Waals surface area contributed by atoms with Crippen LogP contribution in [0.3, 0.4) is 0 Å². The lowest BCUT2D eigenvalue weighted by Crippen LogP contribution is -2.36. The number of hydrogen-bond acceptors (Lipinski definition) is 4. The molecule has 116 valence electrons. The molecule has 0 bridgehead atoms. The van der Waals surface area contributed by atoms with Crippen LogP contribution >= 0.6 is 11.3 Å². The topological polar surface area (TPSA) is 66.8 Å². The molecular weight excluding hydrogens is 290 g/mol. The number of hydrogen-bond donors (Lipinski definition) is 1. The molecule has 1 aliphatic rings. The van der Waals surface area contributed by atoms with Crippen molar-refractivity contribution in [3.05, 3.63) is 21.4 Å². The van der Waals surface area contributed by atoms with Crippen molar-refractivity contribution in [2.45, 2.75) is 52.2 Å². The number of carboxylic acid groups (broad SMARTS) is 1. The molecule has 1 unspecified atom stereocenters. The number of carbonyl (C=O) groups is 2. The molecule has 2 heterocycles. The molecule has 1 aliphatic heterocycles. The molecule has 1 amide bonds. The number of likely N-dealkylation sites (tertiary alicyclic amines) is 1. The zero-order valence-corrected chi connectivity index (χ0v) is 13.6. The van der Waals surface area contributed by atoms with Crippen molar-refractivity contribution in [3.63, 3.8) is 0 Å². The third-order valence-electron chi connectivity index (χ3n) is 3.38. The first kappa shape index (κ1) is 15.8. The van der Waals surface area contributed by atoms with Gasteiger partial charge in [-0.15, -0.1) is 11.3 Å². The van der Waals surface area contributed by atoms with E-state index >= 15 is 0 Å². The summed E-state index contributed by atoms with van der Waals surface area (Å²) in [5, 5.41) is 9.15. The zero-order chi connectivity index (χ0) is 15.8. The Morgan fingerprint density at radius 3 is 2.62 bits per heavy atom. The van der Waals surface area contributed by atoms with Crippen LogP contribution in [0, 0.1) is 6.92 Å². The number of carbonyl (C=O) groups excluding carboxylic acids is 1. The summed E-state index contributed by atoms with van der Waals surface area (Å²) >= 11 is 1.45. The second-order valence-electron chi connectivity index (χ2n) is 6.26. The van der Waals surface area contributed by atoms with Crippen molar-refractivity contribution in [1.82, 2.24) is 4.90 Å². The lowest BCUT2D eigenvalue weighted by atomic mass is 10.1. The van der Waals surface area contributed by atoms with Crippen LogP contribution in [0.1, 0.15) is 59.8 Å². The van der Waals surface area contributed by atoms with Gasteiger partial charge in [-0.25, -0.2) is 9.59 Å². The van der Waals surface area contributed by atoms with Gasteiger partial charge in [0.1, 0.15) is 5.60 Å². The third kappa shape index (κ3) is 3.56. The van der Waals surface area contributed by atoms with Crippen LogP contribution in [0.5, 0.6) is 0 Å². The van der Waals surface area contributed by atoms with E-state index in [4.69, 9.17) is 9.84 Å². The molecule has 5 nitrogen and oxygen atoms in total. The molecule has 21 heavy (non-hydrogen) atoms. The van der Waals surface area contributed by atoms with E-state index in [1.807, 2.05) is 20.8 Å². The molecule has 1 atom stereocenters. The number of ether oxygens (including phenoxy) is 1. The van der Waals surface area contributed by atoms with Crippen LogP contribution in [-0.2, 0) is 4.74 Å². The van der Waals surface area contributed by atoms with E-state index in [0.29, 0.717) is 12.1 Å². The summed E-state index contributed by atoms with van der Waals surface area (Å²) in [6, 6.07) is 1.62. The van der Waals surface area contributed by atoms with Gasteiger partial charge in [0.15, 0.2) is 0 Å². The molecule has 1 saturated heterocycles. The van der Waals surface area contributed by atoms with Gasteiger partial charge in [0.2, 0.25) is 0 Å². The van der Waals surface area contributed by atoms with Gasteiger partial charge in [0.25, 0.3) is 0 Å². The fraction of sp³-hybridized carbons (Fsp3) is 0.600. The van der Waals surface area contributed by atoms with E-state index in [-0.39, 0.29) is 12.1 Å². The standard InChI is InChI=1S/C15H21NO4S/c1-9-10(13(17)18)8-12(21-9)11-6-5-7-16(11)14(19)20-15(2,3)4/h8,11H,5-7H2,1-4H3,(H,17,18). The average molecular weight is 311 g/mol. The molecule has 2 rings (SSSR count). The molecule has 1 aromatic heterocycles. The Labute approximate surface area is 128 Å². The Balaban J connectivity index is 2.21. The van der Waals surface area contributed by atoms with Gasteiger partial charge >= 0.3 is 12.1 Å². The SMILES string of the molecule is Cc1sc(C2CCCN2C(=O)OC(C)(C)C)cc1C(=O)O. The molecule has 1 N–H and O–H groups in total. The van der Waals surface area contributed by atoms with Crippen LogP contribution in [-0.4, -0.2) is 34.2 Å². The van der Waals surface area contributed by atoms with E-state index in [1.165, 1.54) is 11.3 Å². The molecular formula is C15H21NO4S. The molecule has 0 aliphatic carbocycles. The fourth-order valence-corrected chi connectivity index (χ4v) is 3.65. The van der Waals surface area contributed by atoms with Gasteiger partial charge in [-0.3, -0.25) is 0 Å². The van der Waals surface area contributed by atoms with Crippen molar-refractivity contribution in [1.29, 1.82) is 0 Å². The number of thiophene rings is 1. The third-order valence-corrected chi connectivity index (χ3v) is 4.53. The Kier molecular flexibility index (Phi) is 4.27. The number of aromatic carboxylic acids is 1. The minimum Gasteiger partial charge on any atom is -0.478 e. The number of amides is 1. The highest BCUT2D eigenvalue weighted by molar-refractivity contribution is 7.12. The number of nitrogens with zero attached hydrogens (tertiary/aromatic N) is 1. The average Bonchev–Trinajstić information content (AvgIpc) is 2.91. The lowest BCUT2D eigenvalue weighted by molar-refractivity contribution is 0.0227. The minimum atomic E-state index is -0.920. The van der Waals surface area contributed by atoms with E-state index in [9.17, 15) is 9.59 Å².